The first-order valence-corrected chi connectivity index (χ1v) is 5.43. The van der Waals surface area contributed by atoms with Crippen molar-refractivity contribution in [3.05, 3.63) is 32.6 Å². The molecule has 0 fully saturated rings. The Bertz CT molecular complexity index is 567. The fourth-order valence-corrected chi connectivity index (χ4v) is 1.61. The van der Waals surface area contributed by atoms with Crippen LogP contribution in [0.4, 0.5) is 13.2 Å². The van der Waals surface area contributed by atoms with Gasteiger partial charge in [0.25, 0.3) is 5.56 Å². The number of alkyl halides is 3. The molecule has 0 aliphatic carbocycles. The molecule has 1 aromatic heterocycles. The zero-order chi connectivity index (χ0) is 14.3. The quantitative estimate of drug-likeness (QED) is 0.816. The van der Waals surface area contributed by atoms with Crippen molar-refractivity contribution in [2.24, 2.45) is 7.05 Å². The molecule has 0 spiro atoms. The van der Waals surface area contributed by atoms with Crippen LogP contribution in [-0.4, -0.2) is 9.13 Å². The SMILES string of the molecule is CCC(C)(C)n1c(=O)cc(C(F)(F)F)n(C)c1=O. The van der Waals surface area contributed by atoms with Crippen molar-refractivity contribution in [2.45, 2.75) is 38.9 Å². The Morgan fingerprint density at radius 3 is 2.11 bits per heavy atom. The van der Waals surface area contributed by atoms with E-state index in [9.17, 15) is 22.8 Å². The van der Waals surface area contributed by atoms with Crippen LogP contribution < -0.4 is 11.2 Å². The maximum atomic E-state index is 12.6. The van der Waals surface area contributed by atoms with E-state index in [1.807, 2.05) is 0 Å². The van der Waals surface area contributed by atoms with Crippen LogP contribution in [0.25, 0.3) is 0 Å². The van der Waals surface area contributed by atoms with E-state index in [2.05, 4.69) is 0 Å². The summed E-state index contributed by atoms with van der Waals surface area (Å²) in [6, 6.07) is 0.457. The van der Waals surface area contributed by atoms with Gasteiger partial charge in [-0.25, -0.2) is 4.79 Å². The highest BCUT2D eigenvalue weighted by Gasteiger charge is 2.36. The maximum absolute atomic E-state index is 12.6. The molecule has 1 heterocycles. The minimum absolute atomic E-state index is 0.452. The molecule has 1 aromatic rings. The van der Waals surface area contributed by atoms with Crippen molar-refractivity contribution in [3.63, 3.8) is 0 Å². The fourth-order valence-electron chi connectivity index (χ4n) is 1.61. The van der Waals surface area contributed by atoms with Crippen LogP contribution in [0.15, 0.2) is 15.7 Å². The van der Waals surface area contributed by atoms with Gasteiger partial charge in [-0.2, -0.15) is 13.2 Å². The minimum atomic E-state index is -4.72. The molecule has 0 aromatic carbocycles. The highest BCUT2D eigenvalue weighted by Crippen LogP contribution is 2.27. The van der Waals surface area contributed by atoms with Gasteiger partial charge >= 0.3 is 11.9 Å². The molecule has 0 saturated heterocycles. The third-order valence-corrected chi connectivity index (χ3v) is 3.08. The van der Waals surface area contributed by atoms with Gasteiger partial charge in [0, 0.05) is 18.7 Å². The van der Waals surface area contributed by atoms with Crippen molar-refractivity contribution in [3.8, 4) is 0 Å². The number of aromatic nitrogens is 2. The predicted octanol–water partition coefficient (Wildman–Crippen LogP) is 1.71. The highest BCUT2D eigenvalue weighted by atomic mass is 19.4. The Kier molecular flexibility index (Phi) is 3.47. The third kappa shape index (κ3) is 2.34. The van der Waals surface area contributed by atoms with E-state index in [0.717, 1.165) is 11.6 Å². The summed E-state index contributed by atoms with van der Waals surface area (Å²) in [5.74, 6) is 0. The second kappa shape index (κ2) is 4.29. The summed E-state index contributed by atoms with van der Waals surface area (Å²) in [7, 11) is 1.01. The first-order chi connectivity index (χ1) is 8.02. The van der Waals surface area contributed by atoms with Gasteiger partial charge < -0.3 is 0 Å². The second-order valence-electron chi connectivity index (χ2n) is 4.71. The van der Waals surface area contributed by atoms with Crippen LogP contribution in [0.3, 0.4) is 0 Å². The molecule has 0 aliphatic heterocycles. The molecule has 7 heteroatoms. The smallest absolute Gasteiger partial charge is 0.292 e. The number of rotatable bonds is 2. The lowest BCUT2D eigenvalue weighted by molar-refractivity contribution is -0.144. The molecule has 102 valence electrons. The molecule has 0 bridgehead atoms. The fraction of sp³-hybridized carbons (Fsp3) is 0.636. The van der Waals surface area contributed by atoms with Crippen LogP contribution in [-0.2, 0) is 18.8 Å². The molecule has 0 amide bonds. The van der Waals surface area contributed by atoms with Gasteiger partial charge in [0.05, 0.1) is 0 Å². The predicted molar refractivity (Wildman–Crippen MR) is 60.6 cm³/mol. The molecule has 0 aliphatic rings. The summed E-state index contributed by atoms with van der Waals surface area (Å²) >= 11 is 0. The molecular weight excluding hydrogens is 249 g/mol. The normalized spacial score (nSPS) is 12.8. The Balaban J connectivity index is 3.70. The van der Waals surface area contributed by atoms with Crippen LogP contribution >= 0.6 is 0 Å². The van der Waals surface area contributed by atoms with Gasteiger partial charge in [-0.3, -0.25) is 13.9 Å². The van der Waals surface area contributed by atoms with Crippen molar-refractivity contribution >= 4 is 0 Å². The number of halogens is 3. The summed E-state index contributed by atoms with van der Waals surface area (Å²) in [5.41, 5.74) is -3.95. The lowest BCUT2D eigenvalue weighted by Gasteiger charge is -2.26. The molecular formula is C11H15F3N2O2. The van der Waals surface area contributed by atoms with E-state index in [4.69, 9.17) is 0 Å². The van der Waals surface area contributed by atoms with Gasteiger partial charge in [0.15, 0.2) is 0 Å². The van der Waals surface area contributed by atoms with E-state index < -0.39 is 28.7 Å². The van der Waals surface area contributed by atoms with Crippen LogP contribution in [0.2, 0.25) is 0 Å². The molecule has 0 saturated carbocycles. The van der Waals surface area contributed by atoms with E-state index in [1.165, 1.54) is 0 Å². The van der Waals surface area contributed by atoms with Gasteiger partial charge in [0.2, 0.25) is 0 Å². The summed E-state index contributed by atoms with van der Waals surface area (Å²) in [4.78, 5) is 23.6. The number of hydrogen-bond donors (Lipinski definition) is 0. The van der Waals surface area contributed by atoms with Crippen molar-refractivity contribution < 1.29 is 13.2 Å². The standard InChI is InChI=1S/C11H15F3N2O2/c1-5-10(2,3)16-8(17)6-7(11(12,13)14)15(4)9(16)18/h6H,5H2,1-4H3. The molecule has 18 heavy (non-hydrogen) atoms. The number of hydrogen-bond acceptors (Lipinski definition) is 2. The Morgan fingerprint density at radius 2 is 1.72 bits per heavy atom. The molecule has 0 unspecified atom stereocenters. The first-order valence-electron chi connectivity index (χ1n) is 5.43. The van der Waals surface area contributed by atoms with Crippen LogP contribution in [0.5, 0.6) is 0 Å². The average Bonchev–Trinajstić information content (AvgIpc) is 2.21. The van der Waals surface area contributed by atoms with Gasteiger partial charge in [0.1, 0.15) is 5.69 Å². The zero-order valence-electron chi connectivity index (χ0n) is 10.6. The molecule has 1 rings (SSSR count). The molecule has 4 nitrogen and oxygen atoms in total. The van der Waals surface area contributed by atoms with Crippen molar-refractivity contribution in [1.82, 2.24) is 9.13 Å². The van der Waals surface area contributed by atoms with Crippen molar-refractivity contribution in [2.75, 3.05) is 0 Å². The maximum Gasteiger partial charge on any atom is 0.431 e. The summed E-state index contributed by atoms with van der Waals surface area (Å²) in [5, 5.41) is 0. The minimum Gasteiger partial charge on any atom is -0.292 e. The molecule has 0 radical (unpaired) electrons. The van der Waals surface area contributed by atoms with Gasteiger partial charge in [-0.05, 0) is 20.3 Å². The van der Waals surface area contributed by atoms with Gasteiger partial charge in [-0.15, -0.1) is 0 Å². The molecule has 0 N–H and O–H groups in total. The molecule has 0 atom stereocenters. The topological polar surface area (TPSA) is 44.0 Å². The van der Waals surface area contributed by atoms with E-state index >= 15 is 0 Å². The summed E-state index contributed by atoms with van der Waals surface area (Å²) in [6.07, 6.45) is -4.27. The largest absolute Gasteiger partial charge is 0.431 e. The second-order valence-corrected chi connectivity index (χ2v) is 4.71. The van der Waals surface area contributed by atoms with E-state index in [1.54, 1.807) is 20.8 Å². The highest BCUT2D eigenvalue weighted by molar-refractivity contribution is 5.07. The number of nitrogens with zero attached hydrogens (tertiary/aromatic N) is 2. The van der Waals surface area contributed by atoms with Crippen LogP contribution in [0, 0.1) is 0 Å². The van der Waals surface area contributed by atoms with Crippen LogP contribution in [0.1, 0.15) is 32.9 Å². The first kappa shape index (κ1) is 14.5. The lowest BCUT2D eigenvalue weighted by Crippen LogP contribution is -2.49. The summed E-state index contributed by atoms with van der Waals surface area (Å²) < 4.78 is 39.1. The lowest BCUT2D eigenvalue weighted by atomic mass is 10.0. The van der Waals surface area contributed by atoms with Crippen molar-refractivity contribution in [1.29, 1.82) is 0 Å². The van der Waals surface area contributed by atoms with Gasteiger partial charge in [-0.1, -0.05) is 6.92 Å². The Hall–Kier alpha value is -1.53. The Labute approximate surface area is 102 Å². The summed E-state index contributed by atoms with van der Waals surface area (Å²) in [6.45, 7) is 5.01. The average molecular weight is 264 g/mol. The van der Waals surface area contributed by atoms with E-state index in [-0.39, 0.29) is 0 Å². The monoisotopic (exact) mass is 264 g/mol. The third-order valence-electron chi connectivity index (χ3n) is 3.08. The van der Waals surface area contributed by atoms with E-state index in [0.29, 0.717) is 17.1 Å². The zero-order valence-corrected chi connectivity index (χ0v) is 10.6. The Morgan fingerprint density at radius 1 is 1.22 bits per heavy atom.